The molecule has 0 spiro atoms. The fourth-order valence-corrected chi connectivity index (χ4v) is 7.10. The first-order chi connectivity index (χ1) is 22.3. The number of benzene rings is 1. The SMILES string of the molecule is CC(C)(C)OC(=O)N(CC(C(=O)N1CCN2c3ncnc4c3c(cn4COCC[Si](C)(C)C)OC[C@@H]2C1)c1ccc(Cl)cc1)C1CC1. The Kier molecular flexibility index (Phi) is 9.47. The highest BCUT2D eigenvalue weighted by atomic mass is 35.5. The maximum atomic E-state index is 14.4. The predicted molar refractivity (Wildman–Crippen MR) is 185 cm³/mol. The van der Waals surface area contributed by atoms with Crippen LogP contribution in [0.1, 0.15) is 45.1 Å². The molecule has 1 aliphatic carbocycles. The van der Waals surface area contributed by atoms with Gasteiger partial charge in [0.1, 0.15) is 42.2 Å². The summed E-state index contributed by atoms with van der Waals surface area (Å²) >= 11 is 6.23. The van der Waals surface area contributed by atoms with Gasteiger partial charge in [0.2, 0.25) is 5.91 Å². The van der Waals surface area contributed by atoms with Crippen LogP contribution in [-0.2, 0) is 21.0 Å². The van der Waals surface area contributed by atoms with E-state index in [0.717, 1.165) is 53.7 Å². The second kappa shape index (κ2) is 13.3. The van der Waals surface area contributed by atoms with Gasteiger partial charge in [-0.2, -0.15) is 0 Å². The smallest absolute Gasteiger partial charge is 0.410 e. The van der Waals surface area contributed by atoms with Gasteiger partial charge in [0.05, 0.1) is 18.2 Å². The zero-order valence-corrected chi connectivity index (χ0v) is 30.1. The third-order valence-electron chi connectivity index (χ3n) is 8.89. The second-order valence-electron chi connectivity index (χ2n) is 15.1. The van der Waals surface area contributed by atoms with E-state index in [0.29, 0.717) is 38.0 Å². The van der Waals surface area contributed by atoms with E-state index in [9.17, 15) is 9.59 Å². The highest BCUT2D eigenvalue weighted by Crippen LogP contribution is 2.39. The molecule has 2 aliphatic heterocycles. The summed E-state index contributed by atoms with van der Waals surface area (Å²) in [6.45, 7) is 15.9. The monoisotopic (exact) mass is 682 g/mol. The molecule has 6 rings (SSSR count). The van der Waals surface area contributed by atoms with Gasteiger partial charge in [0, 0.05) is 51.9 Å². The zero-order valence-electron chi connectivity index (χ0n) is 28.4. The van der Waals surface area contributed by atoms with Crippen molar-refractivity contribution in [3.63, 3.8) is 0 Å². The number of rotatable bonds is 10. The molecule has 1 saturated heterocycles. The summed E-state index contributed by atoms with van der Waals surface area (Å²) in [4.78, 5) is 42.9. The molecule has 254 valence electrons. The van der Waals surface area contributed by atoms with Crippen molar-refractivity contribution >= 4 is 48.5 Å². The summed E-state index contributed by atoms with van der Waals surface area (Å²) < 4.78 is 20.2. The fraction of sp³-hybridized carbons (Fsp3) is 0.588. The minimum absolute atomic E-state index is 0.0291. The molecule has 1 saturated carbocycles. The Morgan fingerprint density at radius 1 is 1.13 bits per heavy atom. The first-order valence-corrected chi connectivity index (χ1v) is 20.7. The molecule has 2 aromatic heterocycles. The fourth-order valence-electron chi connectivity index (χ4n) is 6.22. The van der Waals surface area contributed by atoms with Gasteiger partial charge >= 0.3 is 6.09 Å². The highest BCUT2D eigenvalue weighted by molar-refractivity contribution is 6.76. The van der Waals surface area contributed by atoms with Gasteiger partial charge in [0.25, 0.3) is 0 Å². The molecule has 47 heavy (non-hydrogen) atoms. The third-order valence-corrected chi connectivity index (χ3v) is 10.8. The summed E-state index contributed by atoms with van der Waals surface area (Å²) in [6.07, 6.45) is 4.98. The van der Waals surface area contributed by atoms with Crippen LogP contribution < -0.4 is 9.64 Å². The Morgan fingerprint density at radius 2 is 1.87 bits per heavy atom. The van der Waals surface area contributed by atoms with Crippen molar-refractivity contribution in [1.82, 2.24) is 24.3 Å². The molecule has 2 fully saturated rings. The molecular weight excluding hydrogens is 636 g/mol. The Hall–Kier alpha value is -3.35. The van der Waals surface area contributed by atoms with Crippen LogP contribution in [0.4, 0.5) is 10.6 Å². The van der Waals surface area contributed by atoms with Crippen molar-refractivity contribution in [2.45, 2.75) is 89.6 Å². The predicted octanol–water partition coefficient (Wildman–Crippen LogP) is 5.99. The van der Waals surface area contributed by atoms with Crippen LogP contribution in [0.15, 0.2) is 36.8 Å². The molecule has 0 N–H and O–H groups in total. The summed E-state index contributed by atoms with van der Waals surface area (Å²) in [5, 5.41) is 1.47. The van der Waals surface area contributed by atoms with Crippen molar-refractivity contribution in [1.29, 1.82) is 0 Å². The zero-order chi connectivity index (χ0) is 33.5. The lowest BCUT2D eigenvalue weighted by atomic mass is 9.95. The van der Waals surface area contributed by atoms with E-state index in [4.69, 9.17) is 30.8 Å². The van der Waals surface area contributed by atoms with Crippen LogP contribution in [0, 0.1) is 0 Å². The quantitative estimate of drug-likeness (QED) is 0.190. The standard InChI is InChI=1S/C34H47ClN6O5Si/c1-34(2,3)46-33(43)41(25-11-12-25)18-27(23-7-9-24(35)10-8-23)32(42)38-13-14-40-26(17-38)20-45-28-19-39(22-44-15-16-47(4,5)6)30-29(28)31(40)37-21-36-30/h7-10,19,21,25-27H,11-18,20,22H2,1-6H3/t26-,27?/m0/s1. The Labute approximate surface area is 283 Å². The van der Waals surface area contributed by atoms with E-state index in [1.165, 1.54) is 0 Å². The molecule has 1 unspecified atom stereocenters. The number of anilines is 1. The van der Waals surface area contributed by atoms with Crippen molar-refractivity contribution in [2.75, 3.05) is 44.3 Å². The summed E-state index contributed by atoms with van der Waals surface area (Å²) in [5.41, 5.74) is 0.970. The number of hydrogen-bond acceptors (Lipinski definition) is 8. The molecule has 3 aromatic rings. The van der Waals surface area contributed by atoms with Gasteiger partial charge < -0.3 is 33.5 Å². The number of fused-ring (bicyclic) bond motifs is 2. The lowest BCUT2D eigenvalue weighted by molar-refractivity contribution is -0.134. The molecule has 4 heterocycles. The molecule has 1 aromatic carbocycles. The van der Waals surface area contributed by atoms with Gasteiger partial charge in [-0.15, -0.1) is 0 Å². The number of carbonyl (C=O) groups excluding carboxylic acids is 2. The highest BCUT2D eigenvalue weighted by Gasteiger charge is 2.41. The van der Waals surface area contributed by atoms with Gasteiger partial charge in [-0.05, 0) is 57.4 Å². The number of piperazine rings is 1. The minimum Gasteiger partial charge on any atom is -0.489 e. The average Bonchev–Trinajstić information content (AvgIpc) is 3.80. The van der Waals surface area contributed by atoms with Gasteiger partial charge in [-0.1, -0.05) is 43.4 Å². The van der Waals surface area contributed by atoms with Crippen LogP contribution in [-0.4, -0.2) is 101 Å². The first kappa shape index (κ1) is 33.5. The minimum atomic E-state index is -1.19. The van der Waals surface area contributed by atoms with Gasteiger partial charge in [0.15, 0.2) is 5.65 Å². The van der Waals surface area contributed by atoms with Crippen LogP contribution in [0.3, 0.4) is 0 Å². The lowest BCUT2D eigenvalue weighted by Gasteiger charge is -2.42. The summed E-state index contributed by atoms with van der Waals surface area (Å²) in [6, 6.07) is 8.43. The number of halogens is 1. The van der Waals surface area contributed by atoms with Crippen LogP contribution in [0.2, 0.25) is 30.7 Å². The molecule has 11 nitrogen and oxygen atoms in total. The summed E-state index contributed by atoms with van der Waals surface area (Å²) in [5.74, 6) is 0.954. The topological polar surface area (TPSA) is 102 Å². The Balaban J connectivity index is 1.20. The van der Waals surface area contributed by atoms with Crippen molar-refractivity contribution in [3.05, 3.63) is 47.4 Å². The Bertz CT molecular complexity index is 1600. The average molecular weight is 683 g/mol. The molecule has 2 amide bonds. The molecule has 0 radical (unpaired) electrons. The number of hydrogen-bond donors (Lipinski definition) is 0. The molecule has 13 heteroatoms. The van der Waals surface area contributed by atoms with Crippen LogP contribution in [0.25, 0.3) is 11.0 Å². The normalized spacial score (nSPS) is 18.7. The Morgan fingerprint density at radius 3 is 2.55 bits per heavy atom. The van der Waals surface area contributed by atoms with E-state index in [-0.39, 0.29) is 30.6 Å². The van der Waals surface area contributed by atoms with E-state index in [1.54, 1.807) is 23.4 Å². The van der Waals surface area contributed by atoms with E-state index >= 15 is 0 Å². The maximum Gasteiger partial charge on any atom is 0.410 e. The van der Waals surface area contributed by atoms with E-state index in [1.807, 2.05) is 48.6 Å². The van der Waals surface area contributed by atoms with Gasteiger partial charge in [-0.3, -0.25) is 4.79 Å². The van der Waals surface area contributed by atoms with Crippen molar-refractivity contribution in [2.24, 2.45) is 0 Å². The third kappa shape index (κ3) is 7.87. The second-order valence-corrected chi connectivity index (χ2v) is 21.2. The van der Waals surface area contributed by atoms with E-state index in [2.05, 4.69) is 29.5 Å². The lowest BCUT2D eigenvalue weighted by Crippen LogP contribution is -2.58. The van der Waals surface area contributed by atoms with Crippen molar-refractivity contribution in [3.8, 4) is 5.75 Å². The number of carbonyl (C=O) groups is 2. The molecular formula is C34H47ClN6O5Si. The molecule has 0 bridgehead atoms. The number of amides is 2. The van der Waals surface area contributed by atoms with Crippen molar-refractivity contribution < 1.29 is 23.8 Å². The number of nitrogens with zero attached hydrogens (tertiary/aromatic N) is 6. The van der Waals surface area contributed by atoms with Gasteiger partial charge in [-0.25, -0.2) is 14.8 Å². The molecule has 2 atom stereocenters. The maximum absolute atomic E-state index is 14.4. The van der Waals surface area contributed by atoms with Crippen LogP contribution in [0.5, 0.6) is 5.75 Å². The summed E-state index contributed by atoms with van der Waals surface area (Å²) in [7, 11) is -1.19. The van der Waals surface area contributed by atoms with Crippen LogP contribution >= 0.6 is 11.6 Å². The number of aromatic nitrogens is 3. The largest absolute Gasteiger partial charge is 0.489 e. The first-order valence-electron chi connectivity index (χ1n) is 16.6. The van der Waals surface area contributed by atoms with E-state index < -0.39 is 19.6 Å². The molecule has 3 aliphatic rings. The number of ether oxygens (including phenoxy) is 3.